The molecule has 0 fully saturated rings. The van der Waals surface area contributed by atoms with Gasteiger partial charge < -0.3 is 5.11 Å². The summed E-state index contributed by atoms with van der Waals surface area (Å²) in [6, 6.07) is 0. The molecule has 80 valence electrons. The van der Waals surface area contributed by atoms with Crippen LogP contribution >= 0.6 is 22.7 Å². The lowest BCUT2D eigenvalue weighted by Crippen LogP contribution is -2.23. The zero-order valence-electron chi connectivity index (χ0n) is 9.07. The summed E-state index contributed by atoms with van der Waals surface area (Å²) in [7, 11) is 0. The Bertz CT molecular complexity index is 423. The van der Waals surface area contributed by atoms with Crippen LogP contribution in [-0.4, -0.2) is 5.11 Å². The van der Waals surface area contributed by atoms with Gasteiger partial charge in [0.15, 0.2) is 0 Å². The first-order valence-corrected chi connectivity index (χ1v) is 6.71. The van der Waals surface area contributed by atoms with Crippen molar-refractivity contribution in [2.24, 2.45) is 0 Å². The van der Waals surface area contributed by atoms with E-state index in [2.05, 4.69) is 10.8 Å². The van der Waals surface area contributed by atoms with Crippen LogP contribution in [0.5, 0.6) is 0 Å². The lowest BCUT2D eigenvalue weighted by molar-refractivity contribution is 0.102. The van der Waals surface area contributed by atoms with Gasteiger partial charge >= 0.3 is 0 Å². The average molecular weight is 238 g/mol. The molecule has 2 heterocycles. The highest BCUT2D eigenvalue weighted by Crippen LogP contribution is 2.36. The highest BCUT2D eigenvalue weighted by Gasteiger charge is 2.29. The van der Waals surface area contributed by atoms with E-state index in [1.807, 2.05) is 31.5 Å². The van der Waals surface area contributed by atoms with Crippen molar-refractivity contribution in [1.29, 1.82) is 0 Å². The van der Waals surface area contributed by atoms with Crippen molar-refractivity contribution in [3.8, 4) is 0 Å². The Morgan fingerprint density at radius 2 is 1.33 bits per heavy atom. The topological polar surface area (TPSA) is 20.2 Å². The molecule has 0 atom stereocenters. The van der Waals surface area contributed by atoms with Crippen molar-refractivity contribution in [3.05, 3.63) is 43.8 Å². The standard InChI is InChI=1S/C12H14OS2/c1-8-4-14-6-10(8)12(3,13)11-7-15-5-9(11)2/h4-7,13H,1-3H3. The molecule has 0 aromatic carbocycles. The molecule has 0 aliphatic heterocycles. The van der Waals surface area contributed by atoms with Gasteiger partial charge in [-0.15, -0.1) is 0 Å². The molecule has 0 saturated heterocycles. The van der Waals surface area contributed by atoms with E-state index in [0.29, 0.717) is 0 Å². The first kappa shape index (κ1) is 10.9. The third-order valence-corrected chi connectivity index (χ3v) is 4.48. The maximum Gasteiger partial charge on any atom is 0.114 e. The fourth-order valence-electron chi connectivity index (χ4n) is 1.86. The highest BCUT2D eigenvalue weighted by atomic mass is 32.1. The number of aliphatic hydroxyl groups is 1. The minimum Gasteiger partial charge on any atom is -0.381 e. The minimum atomic E-state index is -0.853. The highest BCUT2D eigenvalue weighted by molar-refractivity contribution is 7.08. The van der Waals surface area contributed by atoms with E-state index < -0.39 is 5.60 Å². The van der Waals surface area contributed by atoms with Gasteiger partial charge in [0.2, 0.25) is 0 Å². The van der Waals surface area contributed by atoms with Gasteiger partial charge in [-0.05, 0) is 53.4 Å². The second-order valence-electron chi connectivity index (χ2n) is 4.01. The number of aryl methyl sites for hydroxylation is 2. The van der Waals surface area contributed by atoms with E-state index in [-0.39, 0.29) is 0 Å². The SMILES string of the molecule is Cc1cscc1C(C)(O)c1cscc1C. The first-order valence-electron chi connectivity index (χ1n) is 4.82. The molecule has 2 rings (SSSR count). The van der Waals surface area contributed by atoms with Crippen molar-refractivity contribution < 1.29 is 5.11 Å². The van der Waals surface area contributed by atoms with Crippen LogP contribution in [0, 0.1) is 13.8 Å². The second kappa shape index (κ2) is 3.74. The Hall–Kier alpha value is -0.640. The molecule has 3 heteroatoms. The zero-order valence-corrected chi connectivity index (χ0v) is 10.7. The quantitative estimate of drug-likeness (QED) is 0.846. The molecule has 15 heavy (non-hydrogen) atoms. The average Bonchev–Trinajstić information content (AvgIpc) is 2.73. The van der Waals surface area contributed by atoms with Crippen molar-refractivity contribution >= 4 is 22.7 Å². The largest absolute Gasteiger partial charge is 0.381 e. The van der Waals surface area contributed by atoms with Gasteiger partial charge in [-0.1, -0.05) is 0 Å². The first-order chi connectivity index (χ1) is 7.03. The van der Waals surface area contributed by atoms with Gasteiger partial charge in [-0.25, -0.2) is 0 Å². The number of hydrogen-bond acceptors (Lipinski definition) is 3. The summed E-state index contributed by atoms with van der Waals surface area (Å²) < 4.78 is 0. The monoisotopic (exact) mass is 238 g/mol. The number of rotatable bonds is 2. The maximum absolute atomic E-state index is 10.6. The number of thiophene rings is 2. The molecule has 2 aromatic rings. The van der Waals surface area contributed by atoms with Gasteiger partial charge in [0.1, 0.15) is 5.60 Å². The van der Waals surface area contributed by atoms with Crippen LogP contribution in [0.25, 0.3) is 0 Å². The summed E-state index contributed by atoms with van der Waals surface area (Å²) >= 11 is 3.28. The summed E-state index contributed by atoms with van der Waals surface area (Å²) in [5, 5.41) is 18.8. The molecule has 2 aromatic heterocycles. The van der Waals surface area contributed by atoms with E-state index in [1.54, 1.807) is 22.7 Å². The normalized spacial score (nSPS) is 12.0. The predicted molar refractivity (Wildman–Crippen MR) is 66.8 cm³/mol. The van der Waals surface area contributed by atoms with Crippen LogP contribution in [0.4, 0.5) is 0 Å². The van der Waals surface area contributed by atoms with Crippen LogP contribution in [0.2, 0.25) is 0 Å². The van der Waals surface area contributed by atoms with E-state index in [9.17, 15) is 5.11 Å². The van der Waals surface area contributed by atoms with Gasteiger partial charge in [-0.2, -0.15) is 22.7 Å². The number of hydrogen-bond donors (Lipinski definition) is 1. The maximum atomic E-state index is 10.6. The lowest BCUT2D eigenvalue weighted by Gasteiger charge is -2.24. The smallest absolute Gasteiger partial charge is 0.114 e. The Morgan fingerprint density at radius 3 is 1.60 bits per heavy atom. The Balaban J connectivity index is 2.53. The summed E-state index contributed by atoms with van der Waals surface area (Å²) in [4.78, 5) is 0. The molecule has 0 amide bonds. The fraction of sp³-hybridized carbons (Fsp3) is 0.333. The molecule has 0 spiro atoms. The summed E-state index contributed by atoms with van der Waals surface area (Å²) in [5.41, 5.74) is 3.52. The van der Waals surface area contributed by atoms with Crippen LogP contribution in [-0.2, 0) is 5.60 Å². The van der Waals surface area contributed by atoms with Gasteiger partial charge in [0, 0.05) is 11.1 Å². The molecule has 0 saturated carbocycles. The van der Waals surface area contributed by atoms with E-state index in [4.69, 9.17) is 0 Å². The van der Waals surface area contributed by atoms with E-state index in [0.717, 1.165) is 22.3 Å². The summed E-state index contributed by atoms with van der Waals surface area (Å²) in [5.74, 6) is 0. The van der Waals surface area contributed by atoms with Crippen molar-refractivity contribution in [2.75, 3.05) is 0 Å². The molecule has 0 radical (unpaired) electrons. The van der Waals surface area contributed by atoms with E-state index >= 15 is 0 Å². The fourth-order valence-corrected chi connectivity index (χ4v) is 3.76. The van der Waals surface area contributed by atoms with Crippen molar-refractivity contribution in [2.45, 2.75) is 26.4 Å². The van der Waals surface area contributed by atoms with Crippen molar-refractivity contribution in [1.82, 2.24) is 0 Å². The van der Waals surface area contributed by atoms with Gasteiger partial charge in [0.25, 0.3) is 0 Å². The predicted octanol–water partition coefficient (Wildman–Crippen LogP) is 3.68. The molecular formula is C12H14OS2. The molecule has 1 N–H and O–H groups in total. The molecular weight excluding hydrogens is 224 g/mol. The second-order valence-corrected chi connectivity index (χ2v) is 5.50. The van der Waals surface area contributed by atoms with Crippen LogP contribution in [0.3, 0.4) is 0 Å². The van der Waals surface area contributed by atoms with E-state index in [1.165, 1.54) is 0 Å². The van der Waals surface area contributed by atoms with Crippen LogP contribution in [0.1, 0.15) is 29.2 Å². The molecule has 1 nitrogen and oxygen atoms in total. The lowest BCUT2D eigenvalue weighted by atomic mass is 9.88. The minimum absolute atomic E-state index is 0.853. The van der Waals surface area contributed by atoms with Gasteiger partial charge in [-0.3, -0.25) is 0 Å². The Morgan fingerprint density at radius 1 is 0.933 bits per heavy atom. The third kappa shape index (κ3) is 1.75. The Kier molecular flexibility index (Phi) is 2.71. The zero-order chi connectivity index (χ0) is 11.1. The molecule has 0 unspecified atom stereocenters. The Labute approximate surface area is 98.0 Å². The molecule has 0 aliphatic carbocycles. The molecule has 0 aliphatic rings. The summed E-state index contributed by atoms with van der Waals surface area (Å²) in [6.45, 7) is 5.96. The van der Waals surface area contributed by atoms with Crippen LogP contribution in [0.15, 0.2) is 21.5 Å². The van der Waals surface area contributed by atoms with Crippen molar-refractivity contribution in [3.63, 3.8) is 0 Å². The molecule has 0 bridgehead atoms. The third-order valence-electron chi connectivity index (χ3n) is 2.76. The van der Waals surface area contributed by atoms with Gasteiger partial charge in [0.05, 0.1) is 0 Å². The van der Waals surface area contributed by atoms with Crippen LogP contribution < -0.4 is 0 Å². The summed E-state index contributed by atoms with van der Waals surface area (Å²) in [6.07, 6.45) is 0.